The van der Waals surface area contributed by atoms with Crippen molar-refractivity contribution < 1.29 is 4.42 Å². The molecule has 8 nitrogen and oxygen atoms in total. The maximum Gasteiger partial charge on any atom is 0.247 e. The molecular formula is C83H47N7OS2. The Balaban J connectivity index is 0.000000133. The van der Waals surface area contributed by atoms with E-state index in [-0.39, 0.29) is 0 Å². The van der Waals surface area contributed by atoms with Gasteiger partial charge in [0.25, 0.3) is 0 Å². The van der Waals surface area contributed by atoms with Gasteiger partial charge in [0.1, 0.15) is 16.8 Å². The number of thiophene rings is 2. The molecule has 13 aromatic carbocycles. The summed E-state index contributed by atoms with van der Waals surface area (Å²) in [4.78, 5) is 25.2. The predicted molar refractivity (Wildman–Crippen MR) is 389 cm³/mol. The summed E-state index contributed by atoms with van der Waals surface area (Å²) in [5.74, 6) is 1.37. The topological polar surface area (TPSA) is 78.9 Å². The number of rotatable bonds is 6. The van der Waals surface area contributed by atoms with Crippen LogP contribution in [0.25, 0.3) is 189 Å². The van der Waals surface area contributed by atoms with Gasteiger partial charge in [-0.2, -0.15) is 0 Å². The van der Waals surface area contributed by atoms with Crippen LogP contribution in [0.5, 0.6) is 0 Å². The molecule has 7 heterocycles. The first kappa shape index (κ1) is 52.8. The van der Waals surface area contributed by atoms with Gasteiger partial charge in [0.05, 0.1) is 44.5 Å². The minimum Gasteiger partial charge on any atom is -0.436 e. The Morgan fingerprint density at radius 1 is 0.323 bits per heavy atom. The highest BCUT2D eigenvalue weighted by molar-refractivity contribution is 7.26. The maximum absolute atomic E-state index is 7.65. The summed E-state index contributed by atoms with van der Waals surface area (Å²) in [6.07, 6.45) is 0. The molecule has 7 aromatic heterocycles. The third-order valence-corrected chi connectivity index (χ3v) is 20.5. The van der Waals surface area contributed by atoms with Crippen LogP contribution in [0.15, 0.2) is 290 Å². The van der Waals surface area contributed by atoms with Crippen LogP contribution in [0.1, 0.15) is 0 Å². The monoisotopic (exact) mass is 1220 g/mol. The number of fused-ring (bicyclic) bond motifs is 17. The van der Waals surface area contributed by atoms with E-state index >= 15 is 0 Å². The third-order valence-electron chi connectivity index (χ3n) is 18.2. The Labute approximate surface area is 539 Å². The van der Waals surface area contributed by atoms with E-state index in [2.05, 4.69) is 251 Å². The molecule has 0 radical (unpaired) electrons. The van der Waals surface area contributed by atoms with Gasteiger partial charge in [0.2, 0.25) is 11.7 Å². The van der Waals surface area contributed by atoms with Crippen molar-refractivity contribution in [2.75, 3.05) is 0 Å². The molecule has 10 heteroatoms. The van der Waals surface area contributed by atoms with Gasteiger partial charge in [-0.05, 0) is 128 Å². The molecule has 0 aliphatic carbocycles. The number of hydrogen-bond donors (Lipinski definition) is 0. The summed E-state index contributed by atoms with van der Waals surface area (Å²) in [6.45, 7) is 7.65. The highest BCUT2D eigenvalue weighted by atomic mass is 32.1. The van der Waals surface area contributed by atoms with Crippen LogP contribution in [0.4, 0.5) is 5.69 Å². The number of benzene rings is 13. The second-order valence-electron chi connectivity index (χ2n) is 23.6. The molecule has 20 rings (SSSR count). The van der Waals surface area contributed by atoms with Gasteiger partial charge in [-0.15, -0.1) is 22.7 Å². The zero-order valence-corrected chi connectivity index (χ0v) is 51.1. The molecule has 432 valence electrons. The Bertz CT molecular complexity index is 6530. The first-order valence-corrected chi connectivity index (χ1v) is 32.5. The highest BCUT2D eigenvalue weighted by Crippen LogP contribution is 2.45. The summed E-state index contributed by atoms with van der Waals surface area (Å²) >= 11 is 3.62. The molecule has 0 bridgehead atoms. The quantitative estimate of drug-likeness (QED) is 0.155. The van der Waals surface area contributed by atoms with E-state index in [9.17, 15) is 0 Å². The summed E-state index contributed by atoms with van der Waals surface area (Å²) in [6, 6.07) is 100. The number of para-hydroxylation sites is 2. The molecule has 20 aromatic rings. The Kier molecular flexibility index (Phi) is 11.9. The largest absolute Gasteiger partial charge is 0.436 e. The van der Waals surface area contributed by atoms with Crippen molar-refractivity contribution in [3.05, 3.63) is 297 Å². The van der Waals surface area contributed by atoms with Gasteiger partial charge >= 0.3 is 0 Å². The zero-order chi connectivity index (χ0) is 61.3. The van der Waals surface area contributed by atoms with Crippen LogP contribution in [0, 0.1) is 6.57 Å². The van der Waals surface area contributed by atoms with E-state index in [1.165, 1.54) is 62.9 Å². The summed E-state index contributed by atoms with van der Waals surface area (Å²) in [5.41, 5.74) is 15.8. The lowest BCUT2D eigenvalue weighted by atomic mass is 10.0. The van der Waals surface area contributed by atoms with Crippen LogP contribution in [0.2, 0.25) is 0 Å². The fraction of sp³-hybridized carbons (Fsp3) is 0. The van der Waals surface area contributed by atoms with Gasteiger partial charge in [0, 0.05) is 62.8 Å². The Hall–Kier alpha value is -12.1. The second-order valence-corrected chi connectivity index (χ2v) is 25.7. The van der Waals surface area contributed by atoms with Gasteiger partial charge in [-0.1, -0.05) is 206 Å². The molecule has 0 atom stereocenters. The Morgan fingerprint density at radius 2 is 0.871 bits per heavy atom. The van der Waals surface area contributed by atoms with Crippen LogP contribution in [-0.4, -0.2) is 29.1 Å². The van der Waals surface area contributed by atoms with E-state index in [0.29, 0.717) is 34.4 Å². The van der Waals surface area contributed by atoms with Crippen molar-refractivity contribution >= 4 is 156 Å². The van der Waals surface area contributed by atoms with Gasteiger partial charge in [-0.3, -0.25) is 9.13 Å². The van der Waals surface area contributed by atoms with Crippen molar-refractivity contribution in [3.63, 3.8) is 0 Å². The number of hydrogen-bond acceptors (Lipinski definition) is 7. The smallest absolute Gasteiger partial charge is 0.247 e. The molecule has 0 amide bonds. The van der Waals surface area contributed by atoms with Crippen LogP contribution in [0.3, 0.4) is 0 Å². The number of furan rings is 1. The summed E-state index contributed by atoms with van der Waals surface area (Å²) in [7, 11) is 0. The second kappa shape index (κ2) is 21.0. The molecule has 0 saturated carbocycles. The average molecular weight is 1220 g/mol. The Morgan fingerprint density at radius 3 is 1.57 bits per heavy atom. The third kappa shape index (κ3) is 8.56. The van der Waals surface area contributed by atoms with Gasteiger partial charge < -0.3 is 4.42 Å². The molecule has 0 spiro atoms. The minimum absolute atomic E-state index is 0.461. The van der Waals surface area contributed by atoms with Crippen LogP contribution < -0.4 is 0 Å². The zero-order valence-electron chi connectivity index (χ0n) is 49.5. The summed E-state index contributed by atoms with van der Waals surface area (Å²) in [5, 5.41) is 14.1. The predicted octanol–water partition coefficient (Wildman–Crippen LogP) is 23.3. The molecule has 93 heavy (non-hydrogen) atoms. The van der Waals surface area contributed by atoms with Gasteiger partial charge in [-0.25, -0.2) is 24.8 Å². The fourth-order valence-electron chi connectivity index (χ4n) is 13.8. The van der Waals surface area contributed by atoms with E-state index in [1.54, 1.807) is 17.4 Å². The first-order valence-electron chi connectivity index (χ1n) is 30.9. The number of aromatic nitrogens is 6. The average Bonchev–Trinajstić information content (AvgIpc) is 1.61. The first-order chi connectivity index (χ1) is 46.0. The standard InChI is InChI=1S/C44H25N3S2.C39H22N4O/c1-2-10-26(11-3-1)29-19-21-39-35(23-29)42-43(49-39)41(30-18-20-33-32-15-7-9-17-38(32)48-40(33)25-30)45-44(46-42)47-36-16-8-6-14-31(36)34-22-27-12-4-5-13-28(27)24-37(34)47;1-40-29-15-9-14-28(20-29)36-38(41-37-32-22-27(24-10-3-2-4-11-24)18-19-35(32)44-39(37)42-36)43-33-17-8-7-16-30(33)31-21-25-12-5-6-13-26(25)23-34(31)43/h1-25H;2-23H. The molecule has 0 unspecified atom stereocenters. The van der Waals surface area contributed by atoms with E-state index < -0.39 is 0 Å². The number of nitrogens with zero attached hydrogens (tertiary/aromatic N) is 7. The summed E-state index contributed by atoms with van der Waals surface area (Å²) < 4.78 is 15.7. The van der Waals surface area contributed by atoms with E-state index in [1.807, 2.05) is 53.8 Å². The van der Waals surface area contributed by atoms with Crippen molar-refractivity contribution in [1.29, 1.82) is 0 Å². The maximum atomic E-state index is 7.65. The lowest BCUT2D eigenvalue weighted by molar-refractivity contribution is 0.653. The van der Waals surface area contributed by atoms with Crippen molar-refractivity contribution in [2.24, 2.45) is 0 Å². The SMILES string of the molecule is [C-]#[N+]c1cccc(-c2nc3oc4ccc(-c5ccccc5)cc4c3nc2-n2c3ccccc3c3cc4ccccc4cc32)c1.c1ccc(-c2ccc3sc4c(-c5ccc6c(c5)sc5ccccc56)nc(-n5c6ccccc6c6cc7ccccc7cc65)nc4c3c2)cc1. The highest BCUT2D eigenvalue weighted by Gasteiger charge is 2.25. The molecule has 0 N–H and O–H groups in total. The van der Waals surface area contributed by atoms with Crippen molar-refractivity contribution in [1.82, 2.24) is 29.1 Å². The molecule has 0 aliphatic heterocycles. The van der Waals surface area contributed by atoms with Crippen LogP contribution in [-0.2, 0) is 0 Å². The fourth-order valence-corrected chi connectivity index (χ4v) is 16.1. The van der Waals surface area contributed by atoms with Crippen molar-refractivity contribution in [2.45, 2.75) is 0 Å². The molecule has 0 aliphatic rings. The van der Waals surface area contributed by atoms with Crippen LogP contribution >= 0.6 is 22.7 Å². The van der Waals surface area contributed by atoms with Gasteiger partial charge in [0.15, 0.2) is 11.5 Å². The van der Waals surface area contributed by atoms with E-state index in [0.717, 1.165) is 92.7 Å². The van der Waals surface area contributed by atoms with Crippen molar-refractivity contribution in [3.8, 4) is 56.5 Å². The normalized spacial score (nSPS) is 11.9. The molecule has 0 saturated heterocycles. The van der Waals surface area contributed by atoms with E-state index in [4.69, 9.17) is 30.9 Å². The molecular weight excluding hydrogens is 1180 g/mol. The molecule has 0 fully saturated rings. The minimum atomic E-state index is 0.461. The lowest BCUT2D eigenvalue weighted by Crippen LogP contribution is -2.03. The lowest BCUT2D eigenvalue weighted by Gasteiger charge is -2.13.